The first-order chi connectivity index (χ1) is 10.4. The fourth-order valence-electron chi connectivity index (χ4n) is 2.84. The molecule has 0 amide bonds. The molecule has 1 aromatic carbocycles. The first kappa shape index (κ1) is 15.0. The Morgan fingerprint density at radius 2 is 2.27 bits per heavy atom. The molecule has 0 bridgehead atoms. The van der Waals surface area contributed by atoms with Crippen molar-refractivity contribution >= 4 is 16.9 Å². The number of carbonyl (C=O) groups excluding carboxylic acids is 1. The summed E-state index contributed by atoms with van der Waals surface area (Å²) in [5, 5.41) is 5.55. The molecule has 1 atom stereocenters. The van der Waals surface area contributed by atoms with Crippen LogP contribution in [0.5, 0.6) is 0 Å². The molecular weight excluding hydrogens is 280 g/mol. The van der Waals surface area contributed by atoms with Gasteiger partial charge in [-0.2, -0.15) is 5.10 Å². The topological polar surface area (TPSA) is 53.3 Å². The summed E-state index contributed by atoms with van der Waals surface area (Å²) < 4.78 is 12.9. The fourth-order valence-corrected chi connectivity index (χ4v) is 2.84. The molecule has 118 valence electrons. The Morgan fingerprint density at radius 1 is 1.45 bits per heavy atom. The highest BCUT2D eigenvalue weighted by Crippen LogP contribution is 2.27. The number of carbonyl (C=O) groups is 1. The number of esters is 1. The minimum Gasteiger partial charge on any atom is -0.460 e. The zero-order valence-corrected chi connectivity index (χ0v) is 13.3. The summed E-state index contributed by atoms with van der Waals surface area (Å²) in [5.41, 5.74) is 1.50. The van der Waals surface area contributed by atoms with Gasteiger partial charge in [-0.15, -0.1) is 0 Å². The van der Waals surface area contributed by atoms with Crippen molar-refractivity contribution in [3.8, 4) is 0 Å². The maximum atomic E-state index is 12.1. The Bertz CT molecular complexity index is 679. The second-order valence-corrected chi connectivity index (χ2v) is 6.72. The van der Waals surface area contributed by atoms with E-state index in [1.165, 1.54) is 0 Å². The number of hydrogen-bond acceptors (Lipinski definition) is 4. The molecule has 1 fully saturated rings. The summed E-state index contributed by atoms with van der Waals surface area (Å²) in [6, 6.07) is 6.20. The van der Waals surface area contributed by atoms with E-state index >= 15 is 0 Å². The summed E-state index contributed by atoms with van der Waals surface area (Å²) in [4.78, 5) is 12.1. The maximum absolute atomic E-state index is 12.1. The fraction of sp³-hybridized carbons (Fsp3) is 0.529. The first-order valence-corrected chi connectivity index (χ1v) is 7.69. The smallest absolute Gasteiger partial charge is 0.310 e. The van der Waals surface area contributed by atoms with Gasteiger partial charge in [0.05, 0.1) is 30.8 Å². The average Bonchev–Trinajstić information content (AvgIpc) is 3.05. The quantitative estimate of drug-likeness (QED) is 0.818. The van der Waals surface area contributed by atoms with Gasteiger partial charge in [0.25, 0.3) is 0 Å². The lowest BCUT2D eigenvalue weighted by Crippen LogP contribution is -2.25. The highest BCUT2D eigenvalue weighted by atomic mass is 16.6. The number of rotatable bonds is 3. The largest absolute Gasteiger partial charge is 0.460 e. The van der Waals surface area contributed by atoms with Crippen LogP contribution < -0.4 is 0 Å². The number of hydrogen-bond donors (Lipinski definition) is 0. The second kappa shape index (κ2) is 5.72. The van der Waals surface area contributed by atoms with E-state index in [9.17, 15) is 4.79 Å². The van der Waals surface area contributed by atoms with Crippen molar-refractivity contribution in [2.75, 3.05) is 13.2 Å². The van der Waals surface area contributed by atoms with Crippen molar-refractivity contribution in [1.82, 2.24) is 9.78 Å². The highest BCUT2D eigenvalue weighted by Gasteiger charge is 2.23. The molecule has 0 saturated carbocycles. The summed E-state index contributed by atoms with van der Waals surface area (Å²) in [6.45, 7) is 7.08. The minimum atomic E-state index is -0.468. The Labute approximate surface area is 130 Å². The van der Waals surface area contributed by atoms with Crippen molar-refractivity contribution < 1.29 is 14.3 Å². The van der Waals surface area contributed by atoms with Crippen molar-refractivity contribution in [1.29, 1.82) is 0 Å². The summed E-state index contributed by atoms with van der Waals surface area (Å²) in [6.07, 6.45) is 3.07. The van der Waals surface area contributed by atoms with E-state index in [4.69, 9.17) is 9.47 Å². The number of nitrogens with zero attached hydrogens (tertiary/aromatic N) is 2. The number of ether oxygens (including phenoxy) is 2. The zero-order chi connectivity index (χ0) is 15.7. The number of aromatic nitrogens is 2. The van der Waals surface area contributed by atoms with Gasteiger partial charge in [0.2, 0.25) is 0 Å². The highest BCUT2D eigenvalue weighted by molar-refractivity contribution is 5.86. The van der Waals surface area contributed by atoms with Crippen LogP contribution >= 0.6 is 0 Å². The standard InChI is InChI=1S/C17H22N2O3/c1-17(2,3)22-15(20)9-12-5-4-6-13-10-18-19(16(12)13)14-7-8-21-11-14/h4-6,10,14H,7-9,11H2,1-3H3/t14-/m0/s1. The maximum Gasteiger partial charge on any atom is 0.310 e. The third kappa shape index (κ3) is 3.14. The molecule has 0 aliphatic carbocycles. The molecule has 22 heavy (non-hydrogen) atoms. The number of fused-ring (bicyclic) bond motifs is 1. The second-order valence-electron chi connectivity index (χ2n) is 6.72. The average molecular weight is 302 g/mol. The van der Waals surface area contributed by atoms with Gasteiger partial charge in [-0.05, 0) is 32.8 Å². The molecule has 1 saturated heterocycles. The van der Waals surface area contributed by atoms with Crippen LogP contribution in [0.3, 0.4) is 0 Å². The summed E-state index contributed by atoms with van der Waals surface area (Å²) in [5.74, 6) is -0.213. The Kier molecular flexibility index (Phi) is 3.91. The van der Waals surface area contributed by atoms with Gasteiger partial charge in [-0.3, -0.25) is 9.48 Å². The molecule has 1 aliphatic heterocycles. The minimum absolute atomic E-state index is 0.213. The van der Waals surface area contributed by atoms with Crippen LogP contribution in [0.15, 0.2) is 24.4 Å². The summed E-state index contributed by atoms with van der Waals surface area (Å²) in [7, 11) is 0. The van der Waals surface area contributed by atoms with Crippen LogP contribution in [-0.4, -0.2) is 34.6 Å². The predicted molar refractivity (Wildman–Crippen MR) is 83.8 cm³/mol. The van der Waals surface area contributed by atoms with E-state index < -0.39 is 5.60 Å². The normalized spacial score (nSPS) is 18.8. The van der Waals surface area contributed by atoms with E-state index in [-0.39, 0.29) is 18.4 Å². The summed E-state index contributed by atoms with van der Waals surface area (Å²) >= 11 is 0. The van der Waals surface area contributed by atoms with E-state index in [1.807, 2.05) is 49.8 Å². The van der Waals surface area contributed by atoms with Crippen LogP contribution in [0.4, 0.5) is 0 Å². The van der Waals surface area contributed by atoms with E-state index in [2.05, 4.69) is 5.10 Å². The Balaban J connectivity index is 1.92. The third-order valence-electron chi connectivity index (χ3n) is 3.71. The molecule has 1 aliphatic rings. The van der Waals surface area contributed by atoms with E-state index in [1.54, 1.807) is 0 Å². The van der Waals surface area contributed by atoms with Crippen LogP contribution in [0.1, 0.15) is 38.8 Å². The molecule has 1 aromatic heterocycles. The molecule has 0 unspecified atom stereocenters. The van der Waals surface area contributed by atoms with Gasteiger partial charge in [-0.25, -0.2) is 0 Å². The molecule has 0 N–H and O–H groups in total. The van der Waals surface area contributed by atoms with Crippen LogP contribution in [0.2, 0.25) is 0 Å². The van der Waals surface area contributed by atoms with Gasteiger partial charge < -0.3 is 9.47 Å². The lowest BCUT2D eigenvalue weighted by atomic mass is 10.1. The first-order valence-electron chi connectivity index (χ1n) is 7.69. The van der Waals surface area contributed by atoms with Crippen molar-refractivity contribution in [3.05, 3.63) is 30.0 Å². The molecule has 5 nitrogen and oxygen atoms in total. The molecule has 3 rings (SSSR count). The van der Waals surface area contributed by atoms with Gasteiger partial charge >= 0.3 is 5.97 Å². The van der Waals surface area contributed by atoms with Gasteiger partial charge in [0, 0.05) is 12.0 Å². The van der Waals surface area contributed by atoms with Crippen molar-refractivity contribution in [2.24, 2.45) is 0 Å². The van der Waals surface area contributed by atoms with Gasteiger partial charge in [-0.1, -0.05) is 18.2 Å². The van der Waals surface area contributed by atoms with E-state index in [0.29, 0.717) is 6.61 Å². The zero-order valence-electron chi connectivity index (χ0n) is 13.3. The monoisotopic (exact) mass is 302 g/mol. The number of benzene rings is 1. The van der Waals surface area contributed by atoms with Gasteiger partial charge in [0.15, 0.2) is 0 Å². The Hall–Kier alpha value is -1.88. The van der Waals surface area contributed by atoms with E-state index in [0.717, 1.165) is 29.5 Å². The van der Waals surface area contributed by atoms with Crippen LogP contribution in [0.25, 0.3) is 10.9 Å². The van der Waals surface area contributed by atoms with Crippen molar-refractivity contribution in [3.63, 3.8) is 0 Å². The van der Waals surface area contributed by atoms with Crippen LogP contribution in [-0.2, 0) is 20.7 Å². The van der Waals surface area contributed by atoms with Gasteiger partial charge in [0.1, 0.15) is 5.60 Å². The Morgan fingerprint density at radius 3 is 2.95 bits per heavy atom. The molecule has 0 spiro atoms. The predicted octanol–water partition coefficient (Wildman–Crippen LogP) is 2.88. The lowest BCUT2D eigenvalue weighted by Gasteiger charge is -2.20. The third-order valence-corrected chi connectivity index (χ3v) is 3.71. The number of para-hydroxylation sites is 1. The van der Waals surface area contributed by atoms with Crippen molar-refractivity contribution in [2.45, 2.75) is 45.3 Å². The lowest BCUT2D eigenvalue weighted by molar-refractivity contribution is -0.153. The SMILES string of the molecule is CC(C)(C)OC(=O)Cc1cccc2cnn([C@H]3CCOC3)c12. The molecule has 5 heteroatoms. The molecular formula is C17H22N2O3. The molecule has 0 radical (unpaired) electrons. The van der Waals surface area contributed by atoms with Crippen LogP contribution in [0, 0.1) is 0 Å². The molecule has 2 aromatic rings. The molecule has 2 heterocycles.